The van der Waals surface area contributed by atoms with Gasteiger partial charge in [0.1, 0.15) is 42.9 Å². The highest BCUT2D eigenvalue weighted by Gasteiger charge is 2.47. The Hall–Kier alpha value is -7.77. The van der Waals surface area contributed by atoms with Crippen molar-refractivity contribution in [2.75, 3.05) is 171 Å². The van der Waals surface area contributed by atoms with Crippen molar-refractivity contribution in [3.63, 3.8) is 0 Å². The van der Waals surface area contributed by atoms with Crippen LogP contribution in [0.1, 0.15) is 166 Å². The summed E-state index contributed by atoms with van der Waals surface area (Å²) in [4.78, 5) is 49.9. The second-order valence-corrected chi connectivity index (χ2v) is 42.2. The predicted octanol–water partition coefficient (Wildman–Crippen LogP) is 17.1. The Labute approximate surface area is 806 Å². The quantitative estimate of drug-likeness (QED) is 0.0346. The molecule has 36 heteroatoms. The van der Waals surface area contributed by atoms with E-state index in [0.717, 1.165) is 203 Å². The van der Waals surface area contributed by atoms with Crippen LogP contribution < -0.4 is 40.9 Å². The van der Waals surface area contributed by atoms with E-state index in [1.54, 1.807) is 40.6 Å². The highest BCUT2D eigenvalue weighted by atomic mass is 35.5. The van der Waals surface area contributed by atoms with Gasteiger partial charge in [-0.3, -0.25) is 16.8 Å². The number of ether oxygens (including phenoxy) is 5. The van der Waals surface area contributed by atoms with E-state index in [-0.39, 0.29) is 88.6 Å². The van der Waals surface area contributed by atoms with E-state index in [2.05, 4.69) is 53.0 Å². The lowest BCUT2D eigenvalue weighted by molar-refractivity contribution is -0.0349. The van der Waals surface area contributed by atoms with Crippen LogP contribution in [0.15, 0.2) is 141 Å². The van der Waals surface area contributed by atoms with Gasteiger partial charge in [-0.2, -0.15) is 19.9 Å². The molecule has 19 rings (SSSR count). The van der Waals surface area contributed by atoms with Crippen molar-refractivity contribution in [2.24, 2.45) is 5.92 Å². The third-order valence-corrected chi connectivity index (χ3v) is 33.5. The minimum absolute atomic E-state index is 0. The number of rotatable bonds is 23. The van der Waals surface area contributed by atoms with Gasteiger partial charge in [0.2, 0.25) is 23.8 Å². The van der Waals surface area contributed by atoms with Gasteiger partial charge in [0.15, 0.2) is 5.82 Å². The largest absolute Gasteiger partial charge is 0.394 e. The standard InChI is InChI=1S/C24H24ClFN4O2S.C23H29ClN4O3S.C23H31ClN4O3S.C22H27ClN4O3S.4CH4/c1-32-24(16-5-7-17(25)8-6-16)10-12-30(13-11-24)23-28-20-9-14-33(31)21(20)22(29-23)27-19-4-2-3-18(26)15-19;1-30-23(16-2-4-17(24)5-3-16)9-11-28(12-10-23)22-26-19-8-15-32(29)20(19)21(27-22)25-18-6-13-31-14-7-18;1-15(2)19(14-29)25-21-20-18(8-13-32(20)30)26-22(27-21)28-11-9-23(31-3,10-12-28)16-4-6-17(24)7-5-16;1-30-22(15-2-4-16(23)5-3-15)9-11-27(12-10-22)20-24-17-6-13-31(29)18(17)19(25-20)26-21(14-28)7-8-21;;;;/h2-8,15H,9-14H2,1H3,(H,27,28,29);2-5,18H,6-15H2,1H3,(H,25,26,27);4-7,15,19,29H,8-14H2,1-3H3,(H,25,26,27);2-5,28H,6-14H2,1H3,(H,24,25,26);4*1H4/t;;19-,32?;;;;;/m..0...../s1. The first kappa shape index (κ1) is 103. The van der Waals surface area contributed by atoms with Gasteiger partial charge < -0.3 is 74.8 Å². The average Bonchev–Trinajstić information content (AvgIpc) is 1.68. The number of hydrogen-bond donors (Lipinski definition) is 6. The summed E-state index contributed by atoms with van der Waals surface area (Å²) < 4.78 is 93.6. The fourth-order valence-corrected chi connectivity index (χ4v) is 24.2. The number of piperidine rings is 4. The molecule has 9 aliphatic heterocycles. The molecule has 0 amide bonds. The molecule has 5 aromatic carbocycles. The third-order valence-electron chi connectivity index (χ3n) is 26.7. The SMILES string of the molecule is C.C.C.C.COC1(c2ccc(Cl)cc2)CCN(c2nc3c(c(NC4(CO)CC4)n2)S(=O)CC3)CC1.COC1(c2ccc(Cl)cc2)CCN(c2nc3c(c(NC4CCOCC4)n2)S(=O)CC3)CC1.COC1(c2ccc(Cl)cc2)CCN(c2nc3c(c(N[C@@H](CO)C(C)C)n2)S(=O)CC3)CC1.COC1(c2ccc(Cl)cc2)CCN(c2nc3c(c(Nc4cccc(F)c4)n2)S(=O)CC3)CC1. The summed E-state index contributed by atoms with van der Waals surface area (Å²) in [7, 11) is 2.63. The first-order valence-corrected chi connectivity index (χ1v) is 50.7. The van der Waals surface area contributed by atoms with Gasteiger partial charge >= 0.3 is 0 Å². The van der Waals surface area contributed by atoms with Crippen molar-refractivity contribution in [1.29, 1.82) is 0 Å². The molecule has 10 aliphatic rings. The molecule has 13 heterocycles. The van der Waals surface area contributed by atoms with E-state index in [0.29, 0.717) is 132 Å². The van der Waals surface area contributed by atoms with Crippen LogP contribution in [0, 0.1) is 11.7 Å². The number of hydrogen-bond acceptors (Lipinski definition) is 27. The van der Waals surface area contributed by atoms with Crippen molar-refractivity contribution in [3.05, 3.63) is 192 Å². The first-order chi connectivity index (χ1) is 61.9. The number of methoxy groups -OCH3 is 4. The molecular weight excluding hydrogens is 1840 g/mol. The zero-order chi connectivity index (χ0) is 89.7. The average molecular weight is 1970 g/mol. The predicted molar refractivity (Wildman–Crippen MR) is 530 cm³/mol. The van der Waals surface area contributed by atoms with Gasteiger partial charge in [-0.15, -0.1) is 0 Å². The topological polar surface area (TPSA) is 319 Å². The minimum Gasteiger partial charge on any atom is -0.394 e. The summed E-state index contributed by atoms with van der Waals surface area (Å²) in [5.41, 5.74) is 6.73. The summed E-state index contributed by atoms with van der Waals surface area (Å²) in [5.74, 6) is 7.22. The van der Waals surface area contributed by atoms with Crippen molar-refractivity contribution < 1.29 is 55.1 Å². The molecule has 27 nitrogen and oxygen atoms in total. The molecule has 132 heavy (non-hydrogen) atoms. The first-order valence-electron chi connectivity index (χ1n) is 43.9. The second kappa shape index (κ2) is 45.0. The van der Waals surface area contributed by atoms with E-state index in [4.69, 9.17) is 110 Å². The van der Waals surface area contributed by atoms with E-state index in [9.17, 15) is 31.4 Å². The molecule has 5 atom stereocenters. The maximum Gasteiger partial charge on any atom is 0.227 e. The Morgan fingerprint density at radius 1 is 0.439 bits per heavy atom. The van der Waals surface area contributed by atoms with Crippen molar-refractivity contribution in [1.82, 2.24) is 39.9 Å². The van der Waals surface area contributed by atoms with Gasteiger partial charge in [-0.05, 0) is 172 Å². The van der Waals surface area contributed by atoms with E-state index < -0.39 is 43.2 Å². The van der Waals surface area contributed by atoms with E-state index >= 15 is 0 Å². The molecule has 0 bridgehead atoms. The molecule has 6 fully saturated rings. The van der Waals surface area contributed by atoms with E-state index in [1.807, 2.05) is 98.8 Å². The maximum absolute atomic E-state index is 13.7. The summed E-state index contributed by atoms with van der Waals surface area (Å²) in [6.45, 7) is 11.6. The Morgan fingerprint density at radius 3 is 1.06 bits per heavy atom. The molecule has 5 saturated heterocycles. The van der Waals surface area contributed by atoms with Gasteiger partial charge in [-0.25, -0.2) is 24.3 Å². The van der Waals surface area contributed by atoms with Crippen LogP contribution in [0.25, 0.3) is 0 Å². The Balaban J connectivity index is 0.000000157. The van der Waals surface area contributed by atoms with Crippen LogP contribution in [0.5, 0.6) is 0 Å². The summed E-state index contributed by atoms with van der Waals surface area (Å²) in [6.07, 6.45) is 12.8. The molecule has 0 spiro atoms. The lowest BCUT2D eigenvalue weighted by atomic mass is 9.84. The summed E-state index contributed by atoms with van der Waals surface area (Å²) in [6, 6.07) is 37.8. The number of anilines is 9. The summed E-state index contributed by atoms with van der Waals surface area (Å²) in [5, 5.41) is 35.8. The number of aliphatic hydroxyl groups excluding tert-OH is 2. The molecule has 1 aliphatic carbocycles. The zero-order valence-electron chi connectivity index (χ0n) is 72.9. The lowest BCUT2D eigenvalue weighted by Crippen LogP contribution is -2.44. The second-order valence-electron chi connectivity index (χ2n) is 34.5. The number of aliphatic hydroxyl groups is 2. The summed E-state index contributed by atoms with van der Waals surface area (Å²) >= 11 is 24.3. The number of benzene rings is 5. The van der Waals surface area contributed by atoms with Crippen LogP contribution in [-0.4, -0.2) is 215 Å². The van der Waals surface area contributed by atoms with Crippen LogP contribution in [-0.2, 0) is 115 Å². The van der Waals surface area contributed by atoms with Gasteiger partial charge in [0.05, 0.1) is 113 Å². The minimum atomic E-state index is -1.17. The Kier molecular flexibility index (Phi) is 35.2. The molecular formula is C96H127Cl4FN16O11S4. The monoisotopic (exact) mass is 1970 g/mol. The fraction of sp³-hybridized carbons (Fsp3) is 0.521. The number of aromatic nitrogens is 8. The molecule has 0 radical (unpaired) electrons. The van der Waals surface area contributed by atoms with Crippen LogP contribution in [0.4, 0.5) is 57.1 Å². The number of nitrogens with zero attached hydrogens (tertiary/aromatic N) is 12. The number of aryl methyl sites for hydroxylation is 4. The van der Waals surface area contributed by atoms with Crippen LogP contribution >= 0.6 is 46.4 Å². The van der Waals surface area contributed by atoms with Gasteiger partial charge in [0, 0.05) is 175 Å². The Morgan fingerprint density at radius 2 is 0.750 bits per heavy atom. The zero-order valence-corrected chi connectivity index (χ0v) is 79.2. The molecule has 716 valence electrons. The molecule has 4 aromatic heterocycles. The number of nitrogens with one attached hydrogen (secondary N) is 4. The fourth-order valence-electron chi connectivity index (χ4n) is 18.5. The third kappa shape index (κ3) is 22.7. The Bertz CT molecular complexity index is 5520. The van der Waals surface area contributed by atoms with Crippen LogP contribution in [0.3, 0.4) is 0 Å². The van der Waals surface area contributed by atoms with Crippen molar-refractivity contribution >= 4 is 142 Å². The van der Waals surface area contributed by atoms with Crippen molar-refractivity contribution in [3.8, 4) is 0 Å². The smallest absolute Gasteiger partial charge is 0.227 e. The van der Waals surface area contributed by atoms with Crippen LogP contribution in [0.2, 0.25) is 20.1 Å². The van der Waals surface area contributed by atoms with Crippen molar-refractivity contribution in [2.45, 2.75) is 206 Å². The molecule has 4 unspecified atom stereocenters. The number of fused-ring (bicyclic) bond motifs is 4. The maximum atomic E-state index is 13.7. The molecule has 9 aromatic rings. The van der Waals surface area contributed by atoms with E-state index in [1.165, 1.54) is 12.1 Å². The normalized spacial score (nSPS) is 21.0. The number of halogens is 5. The lowest BCUT2D eigenvalue weighted by Gasteiger charge is -2.41. The highest BCUT2D eigenvalue weighted by molar-refractivity contribution is 7.86. The van der Waals surface area contributed by atoms with Gasteiger partial charge in [0.25, 0.3) is 0 Å². The highest BCUT2D eigenvalue weighted by Crippen LogP contribution is 2.47. The molecule has 1 saturated carbocycles. The van der Waals surface area contributed by atoms with Gasteiger partial charge in [-0.1, -0.05) is 145 Å². The molecule has 6 N–H and O–H groups in total.